The Morgan fingerprint density at radius 3 is 2.69 bits per heavy atom. The topological polar surface area (TPSA) is 71.7 Å². The summed E-state index contributed by atoms with van der Waals surface area (Å²) in [6.45, 7) is 3.47. The van der Waals surface area contributed by atoms with E-state index >= 15 is 0 Å². The number of halogens is 1. The van der Waals surface area contributed by atoms with Crippen LogP contribution in [0.15, 0.2) is 47.5 Å². The zero-order valence-corrected chi connectivity index (χ0v) is 15.1. The van der Waals surface area contributed by atoms with Crippen LogP contribution in [0.2, 0.25) is 0 Å². The molecule has 1 heterocycles. The molecule has 1 unspecified atom stereocenters. The minimum Gasteiger partial charge on any atom is -0.480 e. The summed E-state index contributed by atoms with van der Waals surface area (Å²) in [6, 6.07) is 10.4. The molecule has 3 aromatic rings. The molecule has 1 N–H and O–H groups in total. The van der Waals surface area contributed by atoms with Gasteiger partial charge in [-0.1, -0.05) is 36.5 Å². The van der Waals surface area contributed by atoms with E-state index in [0.29, 0.717) is 17.5 Å². The summed E-state index contributed by atoms with van der Waals surface area (Å²) < 4.78 is 15.9. The Hall–Kier alpha value is -2.80. The third kappa shape index (κ3) is 3.30. The van der Waals surface area contributed by atoms with Gasteiger partial charge in [0.1, 0.15) is 11.9 Å². The maximum atomic E-state index is 13.5. The Labute approximate surface area is 153 Å². The number of carboxylic acid groups (broad SMARTS) is 1. The summed E-state index contributed by atoms with van der Waals surface area (Å²) >= 11 is 1.24. The van der Waals surface area contributed by atoms with E-state index in [4.69, 9.17) is 0 Å². The fraction of sp³-hybridized carbons (Fsp3) is 0.211. The second-order valence-corrected chi connectivity index (χ2v) is 6.87. The first kappa shape index (κ1) is 18.0. The third-order valence-electron chi connectivity index (χ3n) is 4.14. The highest BCUT2D eigenvalue weighted by atomic mass is 32.1. The molecule has 0 aliphatic heterocycles. The Kier molecular flexibility index (Phi) is 4.99. The fourth-order valence-corrected chi connectivity index (χ4v) is 3.88. The summed E-state index contributed by atoms with van der Waals surface area (Å²) in [6.07, 6.45) is 0.344. The molecule has 1 amide bonds. The van der Waals surface area contributed by atoms with E-state index in [-0.39, 0.29) is 10.4 Å². The number of aromatic nitrogens is 1. The average Bonchev–Trinajstić information content (AvgIpc) is 2.95. The monoisotopic (exact) mass is 372 g/mol. The summed E-state index contributed by atoms with van der Waals surface area (Å²) in [5.74, 6) is -2.11. The van der Waals surface area contributed by atoms with Gasteiger partial charge in [-0.15, -0.1) is 0 Å². The number of hydrogen-bond donors (Lipinski definition) is 1. The van der Waals surface area contributed by atoms with Crippen LogP contribution in [0.25, 0.3) is 10.2 Å². The molecule has 2 aromatic carbocycles. The Bertz CT molecular complexity index is 1070. The first-order chi connectivity index (χ1) is 12.4. The maximum absolute atomic E-state index is 13.5. The number of thiazole rings is 1. The van der Waals surface area contributed by atoms with Crippen LogP contribution in [-0.2, 0) is 4.79 Å². The van der Waals surface area contributed by atoms with Crippen LogP contribution in [0.3, 0.4) is 0 Å². The van der Waals surface area contributed by atoms with Crippen LogP contribution in [0.1, 0.15) is 35.3 Å². The number of carboxylic acids is 1. The predicted molar refractivity (Wildman–Crippen MR) is 97.8 cm³/mol. The lowest BCUT2D eigenvalue weighted by atomic mass is 10.1. The average molecular weight is 372 g/mol. The molecule has 0 aliphatic carbocycles. The molecule has 0 spiro atoms. The Morgan fingerprint density at radius 2 is 2.00 bits per heavy atom. The summed E-state index contributed by atoms with van der Waals surface area (Å²) in [5.41, 5.74) is 1.48. The third-order valence-corrected chi connectivity index (χ3v) is 5.18. The molecule has 0 saturated heterocycles. The lowest BCUT2D eigenvalue weighted by Gasteiger charge is -2.13. The number of hydrogen-bond acceptors (Lipinski definition) is 3. The summed E-state index contributed by atoms with van der Waals surface area (Å²) in [4.78, 5) is 28.7. The molecule has 0 fully saturated rings. The maximum Gasteiger partial charge on any atom is 0.326 e. The van der Waals surface area contributed by atoms with Crippen molar-refractivity contribution < 1.29 is 19.1 Å². The van der Waals surface area contributed by atoms with E-state index in [1.807, 2.05) is 18.2 Å². The molecule has 3 rings (SSSR count). The van der Waals surface area contributed by atoms with Crippen molar-refractivity contribution >= 4 is 33.4 Å². The van der Waals surface area contributed by atoms with Crippen LogP contribution in [0, 0.1) is 12.7 Å². The molecule has 1 atom stereocenters. The second-order valence-electron chi connectivity index (χ2n) is 5.86. The lowest BCUT2D eigenvalue weighted by molar-refractivity contribution is -0.140. The molecular formula is C19H17FN2O3S. The van der Waals surface area contributed by atoms with E-state index in [9.17, 15) is 19.1 Å². The summed E-state index contributed by atoms with van der Waals surface area (Å²) in [7, 11) is 0. The standard InChI is InChI=1S/C19H17FN2O3S/c1-3-14(18(24)25)22-15-6-4-5-7-16(15)26-19(22)21-17(23)13-10-12(20)9-8-11(13)2/h4-10,14H,3H2,1-2H3,(H,24,25)/b21-19-. The normalized spacial score (nSPS) is 13.1. The molecule has 1 aromatic heterocycles. The number of fused-ring (bicyclic) bond motifs is 1. The molecule has 26 heavy (non-hydrogen) atoms. The number of amides is 1. The fourth-order valence-electron chi connectivity index (χ4n) is 2.81. The van der Waals surface area contributed by atoms with Gasteiger partial charge >= 0.3 is 5.97 Å². The van der Waals surface area contributed by atoms with E-state index in [1.165, 1.54) is 23.5 Å². The highest BCUT2D eigenvalue weighted by Gasteiger charge is 2.22. The van der Waals surface area contributed by atoms with Crippen molar-refractivity contribution in [2.75, 3.05) is 0 Å². The first-order valence-electron chi connectivity index (χ1n) is 8.10. The van der Waals surface area contributed by atoms with Crippen molar-refractivity contribution in [3.63, 3.8) is 0 Å². The van der Waals surface area contributed by atoms with Gasteiger partial charge in [0, 0.05) is 5.56 Å². The quantitative estimate of drug-likeness (QED) is 0.754. The second kappa shape index (κ2) is 7.21. The van der Waals surface area contributed by atoms with Crippen molar-refractivity contribution in [1.82, 2.24) is 4.57 Å². The van der Waals surface area contributed by atoms with Crippen molar-refractivity contribution in [3.05, 3.63) is 64.2 Å². The SMILES string of the molecule is CCC(C(=O)O)n1/c(=N/C(=O)c2cc(F)ccc2C)sc2ccccc21. The van der Waals surface area contributed by atoms with Gasteiger partial charge in [0.05, 0.1) is 10.2 Å². The summed E-state index contributed by atoms with van der Waals surface area (Å²) in [5, 5.41) is 9.57. The minimum absolute atomic E-state index is 0.164. The van der Waals surface area contributed by atoms with Gasteiger partial charge in [-0.05, 0) is 43.2 Å². The van der Waals surface area contributed by atoms with E-state index in [1.54, 1.807) is 24.5 Å². The minimum atomic E-state index is -0.994. The van der Waals surface area contributed by atoms with Gasteiger partial charge in [0.2, 0.25) is 0 Å². The van der Waals surface area contributed by atoms with Crippen molar-refractivity contribution in [2.24, 2.45) is 4.99 Å². The highest BCUT2D eigenvalue weighted by molar-refractivity contribution is 7.16. The number of carbonyl (C=O) groups is 2. The van der Waals surface area contributed by atoms with Gasteiger partial charge in [0.15, 0.2) is 4.80 Å². The Balaban J connectivity index is 2.24. The van der Waals surface area contributed by atoms with Gasteiger partial charge in [-0.25, -0.2) is 9.18 Å². The molecule has 7 heteroatoms. The number of benzene rings is 2. The molecule has 0 aliphatic rings. The van der Waals surface area contributed by atoms with Gasteiger partial charge in [0.25, 0.3) is 5.91 Å². The number of carbonyl (C=O) groups excluding carboxylic acids is 1. The van der Waals surface area contributed by atoms with Gasteiger partial charge in [-0.3, -0.25) is 4.79 Å². The van der Waals surface area contributed by atoms with Crippen LogP contribution in [-0.4, -0.2) is 21.6 Å². The Morgan fingerprint density at radius 1 is 1.27 bits per heavy atom. The number of nitrogens with zero attached hydrogens (tertiary/aromatic N) is 2. The first-order valence-corrected chi connectivity index (χ1v) is 8.92. The van der Waals surface area contributed by atoms with Crippen molar-refractivity contribution in [3.8, 4) is 0 Å². The van der Waals surface area contributed by atoms with E-state index < -0.39 is 23.7 Å². The van der Waals surface area contributed by atoms with Gasteiger partial charge in [-0.2, -0.15) is 4.99 Å². The molecule has 134 valence electrons. The van der Waals surface area contributed by atoms with E-state index in [2.05, 4.69) is 4.99 Å². The molecular weight excluding hydrogens is 355 g/mol. The largest absolute Gasteiger partial charge is 0.480 e. The molecule has 0 saturated carbocycles. The predicted octanol–water partition coefficient (Wildman–Crippen LogP) is 3.93. The van der Waals surface area contributed by atoms with Crippen LogP contribution in [0.5, 0.6) is 0 Å². The number of rotatable bonds is 4. The molecule has 5 nitrogen and oxygen atoms in total. The van der Waals surface area contributed by atoms with Crippen LogP contribution < -0.4 is 4.80 Å². The van der Waals surface area contributed by atoms with Gasteiger partial charge < -0.3 is 9.67 Å². The zero-order chi connectivity index (χ0) is 18.8. The zero-order valence-electron chi connectivity index (χ0n) is 14.3. The van der Waals surface area contributed by atoms with Crippen molar-refractivity contribution in [2.45, 2.75) is 26.3 Å². The van der Waals surface area contributed by atoms with Crippen LogP contribution >= 0.6 is 11.3 Å². The van der Waals surface area contributed by atoms with E-state index in [0.717, 1.165) is 10.8 Å². The molecule has 0 bridgehead atoms. The van der Waals surface area contributed by atoms with Crippen molar-refractivity contribution in [1.29, 1.82) is 0 Å². The number of para-hydroxylation sites is 1. The van der Waals surface area contributed by atoms with Crippen LogP contribution in [0.4, 0.5) is 4.39 Å². The smallest absolute Gasteiger partial charge is 0.326 e. The lowest BCUT2D eigenvalue weighted by Crippen LogP contribution is -2.27. The highest BCUT2D eigenvalue weighted by Crippen LogP contribution is 2.22. The number of aliphatic carboxylic acids is 1. The number of aryl methyl sites for hydroxylation is 1. The molecule has 0 radical (unpaired) electrons.